The third kappa shape index (κ3) is 5.73. The van der Waals surface area contributed by atoms with E-state index in [2.05, 4.69) is 49.2 Å². The SMILES string of the molecule is [2H]C([2H])([2H])c1ccc2c(c1)c1ccc(Oc3[c-]c(-n4nc(C)c(-c5ccccc5)c4C)cc(CCC)c3)[c-]c1n2-c1cc(C)ccn1.[Pt+2]. The molecule has 0 aliphatic carbocycles. The van der Waals surface area contributed by atoms with E-state index in [1.165, 1.54) is 0 Å². The van der Waals surface area contributed by atoms with Crippen molar-refractivity contribution < 1.29 is 29.9 Å². The number of pyridine rings is 1. The molecule has 3 aromatic heterocycles. The van der Waals surface area contributed by atoms with Gasteiger partial charge < -0.3 is 9.30 Å². The van der Waals surface area contributed by atoms with Crippen LogP contribution in [0.2, 0.25) is 0 Å². The summed E-state index contributed by atoms with van der Waals surface area (Å²) in [5.74, 6) is 1.80. The van der Waals surface area contributed by atoms with E-state index >= 15 is 0 Å². The largest absolute Gasteiger partial charge is 2.00 e. The quantitative estimate of drug-likeness (QED) is 0.152. The number of nitrogens with zero attached hydrogens (tertiary/aromatic N) is 4. The molecule has 0 fully saturated rings. The molecular formula is C39H34N4OPt. The van der Waals surface area contributed by atoms with Crippen molar-refractivity contribution in [3.05, 3.63) is 131 Å². The molecule has 6 heteroatoms. The molecule has 45 heavy (non-hydrogen) atoms. The van der Waals surface area contributed by atoms with E-state index in [4.69, 9.17) is 13.9 Å². The molecule has 0 unspecified atom stereocenters. The second-order valence-corrected chi connectivity index (χ2v) is 11.3. The Bertz CT molecular complexity index is 2270. The fourth-order valence-corrected chi connectivity index (χ4v) is 6.07. The number of aryl methyl sites for hydroxylation is 4. The minimum Gasteiger partial charge on any atom is -0.509 e. The molecule has 0 atom stereocenters. The first-order chi connectivity index (χ1) is 22.6. The molecule has 3 heterocycles. The summed E-state index contributed by atoms with van der Waals surface area (Å²) < 4.78 is 34.4. The molecule has 0 aliphatic heterocycles. The van der Waals surface area contributed by atoms with Gasteiger partial charge in [0.2, 0.25) is 0 Å². The summed E-state index contributed by atoms with van der Waals surface area (Å²) in [6, 6.07) is 34.5. The normalized spacial score (nSPS) is 12.5. The van der Waals surface area contributed by atoms with Crippen molar-refractivity contribution >= 4 is 21.8 Å². The van der Waals surface area contributed by atoms with E-state index in [0.717, 1.165) is 79.8 Å². The third-order valence-electron chi connectivity index (χ3n) is 8.01. The van der Waals surface area contributed by atoms with Crippen molar-refractivity contribution in [3.63, 3.8) is 0 Å². The van der Waals surface area contributed by atoms with Gasteiger partial charge in [-0.1, -0.05) is 73.3 Å². The molecular weight excluding hydrogens is 736 g/mol. The number of hydrogen-bond donors (Lipinski definition) is 0. The van der Waals surface area contributed by atoms with Crippen LogP contribution in [-0.4, -0.2) is 19.3 Å². The van der Waals surface area contributed by atoms with Crippen LogP contribution in [0.5, 0.6) is 11.5 Å². The van der Waals surface area contributed by atoms with Gasteiger partial charge in [0.1, 0.15) is 5.82 Å². The monoisotopic (exact) mass is 772 g/mol. The summed E-state index contributed by atoms with van der Waals surface area (Å²) in [7, 11) is 0. The fourth-order valence-electron chi connectivity index (χ4n) is 6.07. The van der Waals surface area contributed by atoms with Crippen molar-refractivity contribution in [1.82, 2.24) is 19.3 Å². The van der Waals surface area contributed by atoms with Crippen LogP contribution in [-0.2, 0) is 27.5 Å². The van der Waals surface area contributed by atoms with Crippen LogP contribution in [0, 0.1) is 39.8 Å². The Hall–Kier alpha value is -4.47. The Kier molecular flexibility index (Phi) is 7.47. The molecule has 0 radical (unpaired) electrons. The minimum absolute atomic E-state index is 0. The van der Waals surface area contributed by atoms with Gasteiger partial charge >= 0.3 is 21.1 Å². The van der Waals surface area contributed by atoms with Gasteiger partial charge in [-0.25, -0.2) is 4.98 Å². The van der Waals surface area contributed by atoms with Crippen LogP contribution in [0.15, 0.2) is 91.1 Å². The van der Waals surface area contributed by atoms with E-state index in [-0.39, 0.29) is 26.6 Å². The standard InChI is InChI=1S/C39H34N4O.Pt/c1-6-10-29-21-31(43-28(5)39(27(4)41-43)30-11-8-7-9-12-30)23-33(22-29)44-32-14-15-34-35-19-25(2)13-16-36(35)42(37(34)24-32)38-20-26(3)17-18-40-38;/h7-9,11-22H,6,10H2,1-5H3;/q-2;+2/i2D3;. The van der Waals surface area contributed by atoms with Crippen LogP contribution in [0.3, 0.4) is 0 Å². The first kappa shape index (κ1) is 26.9. The summed E-state index contributed by atoms with van der Waals surface area (Å²) in [5, 5.41) is 6.60. The van der Waals surface area contributed by atoms with Crippen LogP contribution in [0.25, 0.3) is 44.4 Å². The number of hydrogen-bond acceptors (Lipinski definition) is 3. The van der Waals surface area contributed by atoms with Crippen molar-refractivity contribution in [1.29, 1.82) is 0 Å². The molecule has 0 N–H and O–H groups in total. The van der Waals surface area contributed by atoms with Crippen molar-refractivity contribution in [3.8, 4) is 34.1 Å². The molecule has 5 nitrogen and oxygen atoms in total. The summed E-state index contributed by atoms with van der Waals surface area (Å²) in [6.07, 6.45) is 3.64. The molecule has 0 saturated carbocycles. The maximum Gasteiger partial charge on any atom is 2.00 e. The molecule has 4 aromatic carbocycles. The van der Waals surface area contributed by atoms with Crippen LogP contribution in [0.4, 0.5) is 0 Å². The van der Waals surface area contributed by atoms with Crippen molar-refractivity contribution in [2.75, 3.05) is 0 Å². The van der Waals surface area contributed by atoms with E-state index in [0.29, 0.717) is 11.5 Å². The topological polar surface area (TPSA) is 44.9 Å². The van der Waals surface area contributed by atoms with Gasteiger partial charge in [-0.3, -0.25) is 4.68 Å². The zero-order valence-electron chi connectivity index (χ0n) is 28.6. The second-order valence-electron chi connectivity index (χ2n) is 11.3. The van der Waals surface area contributed by atoms with Gasteiger partial charge in [0.25, 0.3) is 0 Å². The van der Waals surface area contributed by atoms with Gasteiger partial charge in [-0.05, 0) is 68.0 Å². The number of benzene rings is 4. The number of aromatic nitrogens is 4. The van der Waals surface area contributed by atoms with E-state index in [1.54, 1.807) is 18.3 Å². The van der Waals surface area contributed by atoms with Gasteiger partial charge in [-0.2, -0.15) is 16.7 Å². The Morgan fingerprint density at radius 2 is 1.69 bits per heavy atom. The zero-order chi connectivity index (χ0) is 32.9. The van der Waals surface area contributed by atoms with Gasteiger partial charge in [-0.15, -0.1) is 35.7 Å². The van der Waals surface area contributed by atoms with Gasteiger partial charge in [0, 0.05) is 38.6 Å². The van der Waals surface area contributed by atoms with Gasteiger partial charge in [0.05, 0.1) is 5.69 Å². The molecule has 0 saturated heterocycles. The maximum absolute atomic E-state index is 7.99. The molecule has 7 aromatic rings. The molecule has 0 aliphatic rings. The Morgan fingerprint density at radius 3 is 2.47 bits per heavy atom. The van der Waals surface area contributed by atoms with Gasteiger partial charge in [0.15, 0.2) is 0 Å². The van der Waals surface area contributed by atoms with Crippen molar-refractivity contribution in [2.24, 2.45) is 0 Å². The predicted molar refractivity (Wildman–Crippen MR) is 178 cm³/mol. The Balaban J connectivity index is 0.00000401. The Labute approximate surface area is 283 Å². The fraction of sp³-hybridized carbons (Fsp3) is 0.179. The average Bonchev–Trinajstić information content (AvgIpc) is 3.53. The van der Waals surface area contributed by atoms with Crippen LogP contribution in [0.1, 0.15) is 45.5 Å². The summed E-state index contributed by atoms with van der Waals surface area (Å²) in [4.78, 5) is 4.66. The summed E-state index contributed by atoms with van der Waals surface area (Å²) >= 11 is 0. The molecule has 0 bridgehead atoms. The number of fused-ring (bicyclic) bond motifs is 3. The molecule has 226 valence electrons. The van der Waals surface area contributed by atoms with E-state index in [1.807, 2.05) is 77.7 Å². The van der Waals surface area contributed by atoms with Crippen molar-refractivity contribution in [2.45, 2.75) is 47.4 Å². The summed E-state index contributed by atoms with van der Waals surface area (Å²) in [5.41, 5.74) is 9.09. The van der Waals surface area contributed by atoms with Crippen LogP contribution >= 0.6 is 0 Å². The second kappa shape index (κ2) is 12.5. The third-order valence-corrected chi connectivity index (χ3v) is 8.01. The predicted octanol–water partition coefficient (Wildman–Crippen LogP) is 9.61. The molecule has 0 spiro atoms. The number of rotatable bonds is 7. The molecule has 0 amide bonds. The Morgan fingerprint density at radius 1 is 0.844 bits per heavy atom. The van der Waals surface area contributed by atoms with Crippen LogP contribution < -0.4 is 4.74 Å². The number of ether oxygens (including phenoxy) is 1. The zero-order valence-corrected chi connectivity index (χ0v) is 27.9. The molecule has 7 rings (SSSR count). The average molecular weight is 773 g/mol. The first-order valence-corrected chi connectivity index (χ1v) is 14.9. The van der Waals surface area contributed by atoms with E-state index in [9.17, 15) is 0 Å². The summed E-state index contributed by atoms with van der Waals surface area (Å²) in [6.45, 7) is 6.08. The first-order valence-electron chi connectivity index (χ1n) is 16.4. The smallest absolute Gasteiger partial charge is 0.509 e. The maximum atomic E-state index is 7.99. The van der Waals surface area contributed by atoms with E-state index < -0.39 is 6.85 Å². The minimum atomic E-state index is -2.22.